The molecule has 2 heterocycles. The van der Waals surface area contributed by atoms with E-state index < -0.39 is 7.36 Å². The van der Waals surface area contributed by atoms with Crippen molar-refractivity contribution in [2.24, 2.45) is 9.85 Å². The lowest BCUT2D eigenvalue weighted by Gasteiger charge is -2.39. The fourth-order valence-corrected chi connectivity index (χ4v) is 8.82. The molecule has 7 heteroatoms. The van der Waals surface area contributed by atoms with E-state index in [2.05, 4.69) is 80.4 Å². The van der Waals surface area contributed by atoms with Gasteiger partial charge < -0.3 is 9.64 Å². The van der Waals surface area contributed by atoms with Crippen LogP contribution in [0, 0.1) is 0 Å². The molecular formula is C25H34N5OP. The molecule has 0 aliphatic carbocycles. The molecule has 0 aromatic heterocycles. The summed E-state index contributed by atoms with van der Waals surface area (Å²) < 4.78 is 15.7. The summed E-state index contributed by atoms with van der Waals surface area (Å²) in [5, 5.41) is 6.05. The van der Waals surface area contributed by atoms with Gasteiger partial charge in [0.2, 0.25) is 0 Å². The van der Waals surface area contributed by atoms with Gasteiger partial charge in [-0.1, -0.05) is 58.0 Å². The Morgan fingerprint density at radius 2 is 1.69 bits per heavy atom. The second kappa shape index (κ2) is 8.42. The molecule has 6 nitrogen and oxygen atoms in total. The van der Waals surface area contributed by atoms with Gasteiger partial charge in [-0.3, -0.25) is 0 Å². The highest BCUT2D eigenvalue weighted by molar-refractivity contribution is 7.67. The Morgan fingerprint density at radius 3 is 2.34 bits per heavy atom. The molecule has 4 rings (SSSR count). The smallest absolute Gasteiger partial charge is 0.174 e. The summed E-state index contributed by atoms with van der Waals surface area (Å²) in [6, 6.07) is 16.7. The van der Waals surface area contributed by atoms with Crippen molar-refractivity contribution in [2.75, 3.05) is 39.2 Å². The molecule has 0 fully saturated rings. The SMILES string of the molecule is CCN(CC)[P@@]1(=Nc2ccccc2OC)/C(=C2/N(C)c3ccccc3C2(C)C)C=NN1C. The maximum absolute atomic E-state index is 5.68. The van der Waals surface area contributed by atoms with Crippen LogP contribution in [0.25, 0.3) is 0 Å². The number of hydrogen-bond acceptors (Lipinski definition) is 4. The van der Waals surface area contributed by atoms with Crippen molar-refractivity contribution >= 4 is 24.9 Å². The maximum Gasteiger partial charge on any atom is 0.174 e. The Labute approximate surface area is 192 Å². The molecular weight excluding hydrogens is 417 g/mol. The van der Waals surface area contributed by atoms with Crippen molar-refractivity contribution in [2.45, 2.75) is 33.1 Å². The van der Waals surface area contributed by atoms with Crippen LogP contribution in [-0.2, 0) is 5.41 Å². The Bertz CT molecular complexity index is 1130. The fourth-order valence-electron chi connectivity index (χ4n) is 5.10. The van der Waals surface area contributed by atoms with Gasteiger partial charge in [0.1, 0.15) is 11.4 Å². The lowest BCUT2D eigenvalue weighted by atomic mass is 9.84. The van der Waals surface area contributed by atoms with E-state index in [9.17, 15) is 0 Å². The van der Waals surface area contributed by atoms with Gasteiger partial charge in [0.05, 0.1) is 18.6 Å². The molecule has 32 heavy (non-hydrogen) atoms. The quantitative estimate of drug-likeness (QED) is 0.503. The minimum Gasteiger partial charge on any atom is -0.494 e. The number of methoxy groups -OCH3 is 1. The van der Waals surface area contributed by atoms with Crippen LogP contribution in [0.2, 0.25) is 0 Å². The third-order valence-electron chi connectivity index (χ3n) is 6.64. The van der Waals surface area contributed by atoms with Crippen LogP contribution < -0.4 is 9.64 Å². The fraction of sp³-hybridized carbons (Fsp3) is 0.400. The average molecular weight is 452 g/mol. The number of hydrogen-bond donors (Lipinski definition) is 0. The topological polar surface area (TPSA) is 43.7 Å². The summed E-state index contributed by atoms with van der Waals surface area (Å²) >= 11 is 0. The van der Waals surface area contributed by atoms with Crippen LogP contribution in [-0.4, -0.2) is 50.0 Å². The number of fused-ring (bicyclic) bond motifs is 1. The Morgan fingerprint density at radius 1 is 1.03 bits per heavy atom. The first-order valence-corrected chi connectivity index (χ1v) is 12.8. The predicted molar refractivity (Wildman–Crippen MR) is 136 cm³/mol. The van der Waals surface area contributed by atoms with Gasteiger partial charge in [-0.2, -0.15) is 5.10 Å². The number of rotatable bonds is 5. The van der Waals surface area contributed by atoms with Gasteiger partial charge in [0, 0.05) is 44.0 Å². The minimum atomic E-state index is -2.39. The second-order valence-electron chi connectivity index (χ2n) is 8.65. The van der Waals surface area contributed by atoms with Crippen LogP contribution in [0.1, 0.15) is 33.3 Å². The number of hydrazone groups is 1. The van der Waals surface area contributed by atoms with Crippen LogP contribution >= 0.6 is 7.36 Å². The van der Waals surface area contributed by atoms with Gasteiger partial charge in [0.25, 0.3) is 0 Å². The molecule has 2 aromatic rings. The molecule has 0 radical (unpaired) electrons. The van der Waals surface area contributed by atoms with Crippen molar-refractivity contribution in [1.29, 1.82) is 0 Å². The second-order valence-corrected chi connectivity index (χ2v) is 11.6. The molecule has 170 valence electrons. The van der Waals surface area contributed by atoms with Crippen molar-refractivity contribution in [3.05, 3.63) is 65.1 Å². The van der Waals surface area contributed by atoms with Crippen LogP contribution in [0.5, 0.6) is 5.75 Å². The number of benzene rings is 2. The van der Waals surface area contributed by atoms with Crippen molar-refractivity contribution in [3.8, 4) is 5.75 Å². The lowest BCUT2D eigenvalue weighted by molar-refractivity contribution is 0.415. The van der Waals surface area contributed by atoms with Gasteiger partial charge in [-0.05, 0) is 23.8 Å². The number of allylic oxidation sites excluding steroid dienone is 2. The zero-order valence-corrected chi connectivity index (χ0v) is 21.1. The Kier molecular flexibility index (Phi) is 5.95. The van der Waals surface area contributed by atoms with E-state index in [0.717, 1.165) is 24.5 Å². The van der Waals surface area contributed by atoms with Gasteiger partial charge >= 0.3 is 0 Å². The summed E-state index contributed by atoms with van der Waals surface area (Å²) in [6.07, 6.45) is 2.05. The van der Waals surface area contributed by atoms with Crippen LogP contribution in [0.3, 0.4) is 0 Å². The van der Waals surface area contributed by atoms with Crippen molar-refractivity contribution < 1.29 is 4.74 Å². The molecule has 0 spiro atoms. The van der Waals surface area contributed by atoms with Gasteiger partial charge in [-0.25, -0.2) is 14.2 Å². The summed E-state index contributed by atoms with van der Waals surface area (Å²) in [6.45, 7) is 10.8. The van der Waals surface area contributed by atoms with Gasteiger partial charge in [-0.15, -0.1) is 0 Å². The molecule has 0 amide bonds. The number of nitrogens with zero attached hydrogens (tertiary/aromatic N) is 5. The number of para-hydroxylation sites is 2. The van der Waals surface area contributed by atoms with Gasteiger partial charge in [0.15, 0.2) is 7.36 Å². The summed E-state index contributed by atoms with van der Waals surface area (Å²) in [7, 11) is 3.54. The summed E-state index contributed by atoms with van der Waals surface area (Å²) in [5.41, 5.74) is 4.56. The van der Waals surface area contributed by atoms with E-state index in [1.54, 1.807) is 7.11 Å². The predicted octanol–water partition coefficient (Wildman–Crippen LogP) is 6.27. The molecule has 2 aromatic carbocycles. The van der Waals surface area contributed by atoms with E-state index in [1.165, 1.54) is 22.3 Å². The monoisotopic (exact) mass is 451 g/mol. The first-order valence-electron chi connectivity index (χ1n) is 11.2. The maximum atomic E-state index is 5.68. The molecule has 1 atom stereocenters. The minimum absolute atomic E-state index is 0.160. The highest BCUT2D eigenvalue weighted by Gasteiger charge is 2.47. The standard InChI is InChI=1S/C25H34N5OP/c1-8-30(9-2)32(27-20-15-11-13-17-22(20)31-7)23(18-26-29(32)6)24-25(3,4)19-14-10-12-16-21(19)28(24)5/h10-18H,8-9H2,1-7H3/b24-23+/t32-/m1/s1. The average Bonchev–Trinajstić information content (AvgIpc) is 3.21. The normalized spacial score (nSPS) is 23.8. The van der Waals surface area contributed by atoms with E-state index >= 15 is 0 Å². The molecule has 2 aliphatic heterocycles. The molecule has 0 unspecified atom stereocenters. The van der Waals surface area contributed by atoms with Crippen molar-refractivity contribution in [3.63, 3.8) is 0 Å². The van der Waals surface area contributed by atoms with Crippen LogP contribution in [0.15, 0.2) is 69.4 Å². The van der Waals surface area contributed by atoms with E-state index in [1.807, 2.05) is 30.5 Å². The first kappa shape index (κ1) is 22.6. The molecule has 0 bridgehead atoms. The van der Waals surface area contributed by atoms with Crippen LogP contribution in [0.4, 0.5) is 11.4 Å². The highest BCUT2D eigenvalue weighted by atomic mass is 31.2. The number of likely N-dealkylation sites (N-methyl/N-ethyl adjacent to an activating group) is 1. The zero-order valence-electron chi connectivity index (χ0n) is 20.2. The zero-order chi connectivity index (χ0) is 23.1. The van der Waals surface area contributed by atoms with Crippen molar-refractivity contribution in [1.82, 2.24) is 9.45 Å². The lowest BCUT2D eigenvalue weighted by Crippen LogP contribution is -2.30. The van der Waals surface area contributed by atoms with E-state index in [4.69, 9.17) is 14.6 Å². The first-order chi connectivity index (χ1) is 15.3. The molecule has 0 saturated heterocycles. The number of anilines is 1. The summed E-state index contributed by atoms with van der Waals surface area (Å²) in [5.74, 6) is 0.783. The third kappa shape index (κ3) is 3.20. The van der Waals surface area contributed by atoms with E-state index in [0.29, 0.717) is 0 Å². The van der Waals surface area contributed by atoms with E-state index in [-0.39, 0.29) is 5.41 Å². The highest BCUT2D eigenvalue weighted by Crippen LogP contribution is 2.69. The third-order valence-corrected chi connectivity index (χ3v) is 10.4. The molecule has 0 N–H and O–H groups in total. The Hall–Kier alpha value is -2.56. The molecule has 2 aliphatic rings. The molecule has 0 saturated carbocycles. The Balaban J connectivity index is 2.08. The number of ether oxygens (including phenoxy) is 1. The largest absolute Gasteiger partial charge is 0.494 e. The summed E-state index contributed by atoms with van der Waals surface area (Å²) in [4.78, 5) is 2.34.